The standard InChI is InChI=1S/C22H22ClNO2S/c23-16-6-8-21-20(11-16)19(17-4-2-1-3-15(17)13-27-21)7-5-14-12-24-10-9-18(14)22(25)26/h1-4,6-8,11,14,18,24H,5,9-10,12-13H2,(H,25,26)/b19-7+. The summed E-state index contributed by atoms with van der Waals surface area (Å²) < 4.78 is 0. The van der Waals surface area contributed by atoms with Crippen LogP contribution in [0.1, 0.15) is 29.5 Å². The summed E-state index contributed by atoms with van der Waals surface area (Å²) >= 11 is 8.14. The molecule has 1 fully saturated rings. The van der Waals surface area contributed by atoms with Gasteiger partial charge in [-0.2, -0.15) is 0 Å². The van der Waals surface area contributed by atoms with Crippen LogP contribution in [0.3, 0.4) is 0 Å². The lowest BCUT2D eigenvalue weighted by Gasteiger charge is -2.28. The Morgan fingerprint density at radius 1 is 1.26 bits per heavy atom. The molecule has 2 heterocycles. The number of carboxylic acids is 1. The van der Waals surface area contributed by atoms with Crippen molar-refractivity contribution in [1.29, 1.82) is 0 Å². The van der Waals surface area contributed by atoms with E-state index in [1.807, 2.05) is 23.9 Å². The molecule has 27 heavy (non-hydrogen) atoms. The molecule has 2 aliphatic heterocycles. The largest absolute Gasteiger partial charge is 0.481 e. The fourth-order valence-electron chi connectivity index (χ4n) is 4.03. The summed E-state index contributed by atoms with van der Waals surface area (Å²) in [4.78, 5) is 12.9. The summed E-state index contributed by atoms with van der Waals surface area (Å²) in [6, 6.07) is 14.5. The number of rotatable bonds is 3. The second kappa shape index (κ2) is 8.09. The highest BCUT2D eigenvalue weighted by molar-refractivity contribution is 7.98. The quantitative estimate of drug-likeness (QED) is 0.755. The third-order valence-corrected chi connectivity index (χ3v) is 6.83. The molecule has 2 unspecified atom stereocenters. The number of allylic oxidation sites excluding steroid dienone is 1. The van der Waals surface area contributed by atoms with E-state index in [9.17, 15) is 9.90 Å². The minimum absolute atomic E-state index is 0.106. The summed E-state index contributed by atoms with van der Waals surface area (Å²) in [6.07, 6.45) is 3.66. The van der Waals surface area contributed by atoms with Crippen molar-refractivity contribution < 1.29 is 9.90 Å². The van der Waals surface area contributed by atoms with Gasteiger partial charge in [0.15, 0.2) is 0 Å². The van der Waals surface area contributed by atoms with Gasteiger partial charge in [-0.3, -0.25) is 4.79 Å². The number of piperidine rings is 1. The predicted octanol–water partition coefficient (Wildman–Crippen LogP) is 5.08. The van der Waals surface area contributed by atoms with E-state index in [4.69, 9.17) is 11.6 Å². The second-order valence-corrected chi connectivity index (χ2v) is 8.59. The van der Waals surface area contributed by atoms with Gasteiger partial charge in [0.1, 0.15) is 0 Å². The van der Waals surface area contributed by atoms with Crippen molar-refractivity contribution in [2.24, 2.45) is 11.8 Å². The average molecular weight is 400 g/mol. The lowest BCUT2D eigenvalue weighted by Crippen LogP contribution is -2.39. The van der Waals surface area contributed by atoms with Gasteiger partial charge in [0.2, 0.25) is 0 Å². The Labute approximate surface area is 168 Å². The highest BCUT2D eigenvalue weighted by Gasteiger charge is 2.30. The summed E-state index contributed by atoms with van der Waals surface area (Å²) in [5.41, 5.74) is 4.84. The maximum absolute atomic E-state index is 11.6. The monoisotopic (exact) mass is 399 g/mol. The fourth-order valence-corrected chi connectivity index (χ4v) is 5.26. The molecule has 2 aromatic rings. The highest BCUT2D eigenvalue weighted by Crippen LogP contribution is 2.41. The van der Waals surface area contributed by atoms with Crippen LogP contribution in [0.4, 0.5) is 0 Å². The lowest BCUT2D eigenvalue weighted by molar-refractivity contribution is -0.144. The van der Waals surface area contributed by atoms with Gasteiger partial charge in [-0.1, -0.05) is 41.9 Å². The van der Waals surface area contributed by atoms with Crippen LogP contribution in [0.25, 0.3) is 5.57 Å². The summed E-state index contributed by atoms with van der Waals surface area (Å²) in [5, 5.41) is 13.6. The van der Waals surface area contributed by atoms with E-state index >= 15 is 0 Å². The Hall–Kier alpha value is -1.75. The number of hydrogen-bond donors (Lipinski definition) is 2. The molecule has 2 aromatic carbocycles. The van der Waals surface area contributed by atoms with E-state index < -0.39 is 5.97 Å². The van der Waals surface area contributed by atoms with E-state index in [0.29, 0.717) is 6.42 Å². The van der Waals surface area contributed by atoms with Crippen molar-refractivity contribution in [3.8, 4) is 0 Å². The number of carbonyl (C=O) groups is 1. The van der Waals surface area contributed by atoms with Gasteiger partial charge in [0.05, 0.1) is 5.92 Å². The summed E-state index contributed by atoms with van der Waals surface area (Å²) in [7, 11) is 0. The van der Waals surface area contributed by atoms with Crippen LogP contribution in [0.2, 0.25) is 5.02 Å². The summed E-state index contributed by atoms with van der Waals surface area (Å²) in [5.74, 6) is 0.0668. The first-order chi connectivity index (χ1) is 13.1. The topological polar surface area (TPSA) is 49.3 Å². The molecule has 0 radical (unpaired) electrons. The second-order valence-electron chi connectivity index (χ2n) is 7.14. The molecule has 0 aromatic heterocycles. The number of halogens is 1. The first kappa shape index (κ1) is 18.6. The Balaban J connectivity index is 1.75. The fraction of sp³-hybridized carbons (Fsp3) is 0.318. The minimum Gasteiger partial charge on any atom is -0.481 e. The average Bonchev–Trinajstić information content (AvgIpc) is 2.83. The normalized spacial score (nSPS) is 23.4. The van der Waals surface area contributed by atoms with Crippen molar-refractivity contribution in [3.05, 3.63) is 70.3 Å². The molecular weight excluding hydrogens is 378 g/mol. The predicted molar refractivity (Wildman–Crippen MR) is 111 cm³/mol. The van der Waals surface area contributed by atoms with Crippen LogP contribution in [0.15, 0.2) is 53.4 Å². The van der Waals surface area contributed by atoms with Crippen molar-refractivity contribution in [2.45, 2.75) is 23.5 Å². The number of fused-ring (bicyclic) bond motifs is 2. The van der Waals surface area contributed by atoms with Gasteiger partial charge in [-0.05, 0) is 72.3 Å². The number of aliphatic carboxylic acids is 1. The molecule has 0 bridgehead atoms. The van der Waals surface area contributed by atoms with E-state index in [1.165, 1.54) is 21.6 Å². The molecule has 0 amide bonds. The van der Waals surface area contributed by atoms with Crippen molar-refractivity contribution in [1.82, 2.24) is 5.32 Å². The van der Waals surface area contributed by atoms with Gasteiger partial charge in [-0.25, -0.2) is 0 Å². The molecular formula is C22H22ClNO2S. The molecule has 2 atom stereocenters. The first-order valence-electron chi connectivity index (χ1n) is 9.28. The van der Waals surface area contributed by atoms with Gasteiger partial charge >= 0.3 is 5.97 Å². The zero-order chi connectivity index (χ0) is 18.8. The molecule has 0 aliphatic carbocycles. The molecule has 3 nitrogen and oxygen atoms in total. The number of hydrogen-bond acceptors (Lipinski definition) is 3. The van der Waals surface area contributed by atoms with Crippen LogP contribution in [-0.2, 0) is 10.5 Å². The number of nitrogens with one attached hydrogen (secondary N) is 1. The van der Waals surface area contributed by atoms with Crippen molar-refractivity contribution in [2.75, 3.05) is 13.1 Å². The maximum Gasteiger partial charge on any atom is 0.306 e. The molecule has 2 N–H and O–H groups in total. The van der Waals surface area contributed by atoms with E-state index in [1.54, 1.807) is 0 Å². The van der Waals surface area contributed by atoms with Crippen molar-refractivity contribution in [3.63, 3.8) is 0 Å². The zero-order valence-corrected chi connectivity index (χ0v) is 16.5. The van der Waals surface area contributed by atoms with Gasteiger partial charge in [0.25, 0.3) is 0 Å². The molecule has 5 heteroatoms. The third-order valence-electron chi connectivity index (χ3n) is 5.47. The highest BCUT2D eigenvalue weighted by atomic mass is 35.5. The molecule has 1 saturated heterocycles. The van der Waals surface area contributed by atoms with Crippen LogP contribution in [0, 0.1) is 11.8 Å². The number of benzene rings is 2. The third kappa shape index (κ3) is 3.93. The zero-order valence-electron chi connectivity index (χ0n) is 15.0. The lowest BCUT2D eigenvalue weighted by atomic mass is 9.82. The van der Waals surface area contributed by atoms with Crippen LogP contribution in [-0.4, -0.2) is 24.2 Å². The number of thioether (sulfide) groups is 1. The van der Waals surface area contributed by atoms with E-state index in [0.717, 1.165) is 35.8 Å². The number of carboxylic acid groups (broad SMARTS) is 1. The smallest absolute Gasteiger partial charge is 0.306 e. The first-order valence-corrected chi connectivity index (χ1v) is 10.6. The van der Waals surface area contributed by atoms with Gasteiger partial charge in [-0.15, -0.1) is 11.8 Å². The van der Waals surface area contributed by atoms with Crippen LogP contribution < -0.4 is 5.32 Å². The van der Waals surface area contributed by atoms with Crippen LogP contribution >= 0.6 is 23.4 Å². The Bertz CT molecular complexity index is 896. The SMILES string of the molecule is O=C(O)C1CCNCC1C/C=C1\c2ccccc2CSc2ccc(Cl)cc21. The molecule has 4 rings (SSSR count). The van der Waals surface area contributed by atoms with E-state index in [2.05, 4.69) is 41.7 Å². The maximum atomic E-state index is 11.6. The Morgan fingerprint density at radius 3 is 2.96 bits per heavy atom. The minimum atomic E-state index is -0.680. The molecule has 140 valence electrons. The van der Waals surface area contributed by atoms with Gasteiger partial charge in [0, 0.05) is 15.7 Å². The Kier molecular flexibility index (Phi) is 5.58. The van der Waals surface area contributed by atoms with Gasteiger partial charge < -0.3 is 10.4 Å². The van der Waals surface area contributed by atoms with Crippen LogP contribution in [0.5, 0.6) is 0 Å². The van der Waals surface area contributed by atoms with Crippen molar-refractivity contribution >= 4 is 34.9 Å². The molecule has 0 spiro atoms. The molecule has 2 aliphatic rings. The summed E-state index contributed by atoms with van der Waals surface area (Å²) in [6.45, 7) is 1.53. The molecule has 0 saturated carbocycles. The van der Waals surface area contributed by atoms with E-state index in [-0.39, 0.29) is 11.8 Å². The Morgan fingerprint density at radius 2 is 2.11 bits per heavy atom.